The van der Waals surface area contributed by atoms with E-state index in [9.17, 15) is 43.2 Å². The molecule has 0 saturated heterocycles. The molecule has 5 atom stereocenters. The van der Waals surface area contributed by atoms with Crippen molar-refractivity contribution in [2.75, 3.05) is 39.6 Å². The van der Waals surface area contributed by atoms with Crippen LogP contribution in [0.5, 0.6) is 0 Å². The van der Waals surface area contributed by atoms with Gasteiger partial charge in [-0.05, 0) is 25.7 Å². The summed E-state index contributed by atoms with van der Waals surface area (Å²) in [7, 11) is -9.87. The molecule has 480 valence electrons. The Balaban J connectivity index is 5.14. The standard InChI is InChI=1S/C62H120O17P2/c1-5-9-13-17-21-25-27-28-29-30-31-33-37-39-43-47-60(65)73-53-58(79-62(67)49-45-41-35-24-20-16-12-8-4)55-77-81(70,71)75-51-56(63)50-74-80(68,69)76-54-57(78-61(66)48-44-40-34-23-19-15-11-7-3)52-72-59(64)46-42-38-36-32-26-22-18-14-10-6-2/h56-58,63H,5-55H2,1-4H3,(H,68,69)(H,70,71)/t56-,57-,58-/m1/s1. The second-order valence-corrected chi connectivity index (χ2v) is 25.4. The predicted octanol–water partition coefficient (Wildman–Crippen LogP) is 17.2. The average Bonchev–Trinajstić information content (AvgIpc) is 3.44. The summed E-state index contributed by atoms with van der Waals surface area (Å²) < 4.78 is 67.8. The van der Waals surface area contributed by atoms with Crippen molar-refractivity contribution in [1.29, 1.82) is 0 Å². The molecule has 0 fully saturated rings. The lowest BCUT2D eigenvalue weighted by molar-refractivity contribution is -0.161. The van der Waals surface area contributed by atoms with E-state index in [0.717, 1.165) is 103 Å². The second kappa shape index (κ2) is 57.2. The number of hydrogen-bond acceptors (Lipinski definition) is 15. The number of rotatable bonds is 63. The molecule has 0 bridgehead atoms. The van der Waals surface area contributed by atoms with Gasteiger partial charge in [-0.3, -0.25) is 37.3 Å². The van der Waals surface area contributed by atoms with Crippen molar-refractivity contribution >= 4 is 39.5 Å². The summed E-state index contributed by atoms with van der Waals surface area (Å²) in [6.07, 6.45) is 41.8. The van der Waals surface area contributed by atoms with E-state index in [1.54, 1.807) is 0 Å². The number of aliphatic hydroxyl groups is 1. The molecule has 3 N–H and O–H groups in total. The first-order chi connectivity index (χ1) is 39.2. The van der Waals surface area contributed by atoms with Crippen molar-refractivity contribution in [2.45, 2.75) is 335 Å². The molecule has 2 unspecified atom stereocenters. The Bertz CT molecular complexity index is 1570. The highest BCUT2D eigenvalue weighted by Gasteiger charge is 2.30. The van der Waals surface area contributed by atoms with Gasteiger partial charge < -0.3 is 33.8 Å². The van der Waals surface area contributed by atoms with Gasteiger partial charge in [-0.25, -0.2) is 9.13 Å². The smallest absolute Gasteiger partial charge is 0.462 e. The monoisotopic (exact) mass is 1200 g/mol. The largest absolute Gasteiger partial charge is 0.472 e. The fourth-order valence-electron chi connectivity index (χ4n) is 9.28. The lowest BCUT2D eigenvalue weighted by atomic mass is 10.0. The highest BCUT2D eigenvalue weighted by Crippen LogP contribution is 2.45. The molecule has 0 heterocycles. The van der Waals surface area contributed by atoms with Gasteiger partial charge in [0.1, 0.15) is 19.3 Å². The van der Waals surface area contributed by atoms with Crippen molar-refractivity contribution in [2.24, 2.45) is 0 Å². The summed E-state index contributed by atoms with van der Waals surface area (Å²) in [5.74, 6) is -2.14. The van der Waals surface area contributed by atoms with Crippen LogP contribution in [0.3, 0.4) is 0 Å². The highest BCUT2D eigenvalue weighted by molar-refractivity contribution is 7.47. The minimum Gasteiger partial charge on any atom is -0.462 e. The van der Waals surface area contributed by atoms with Gasteiger partial charge in [0.15, 0.2) is 12.2 Å². The first-order valence-corrected chi connectivity index (χ1v) is 35.8. The molecule has 0 aromatic rings. The molecule has 0 aliphatic carbocycles. The van der Waals surface area contributed by atoms with E-state index in [1.165, 1.54) is 135 Å². The fourth-order valence-corrected chi connectivity index (χ4v) is 10.9. The summed E-state index contributed by atoms with van der Waals surface area (Å²) in [4.78, 5) is 71.9. The maximum Gasteiger partial charge on any atom is 0.472 e. The molecule has 0 spiro atoms. The molecule has 0 saturated carbocycles. The molecule has 0 aliphatic rings. The van der Waals surface area contributed by atoms with Crippen LogP contribution in [0, 0.1) is 0 Å². The molecular weight excluding hydrogens is 1080 g/mol. The van der Waals surface area contributed by atoms with E-state index in [0.29, 0.717) is 25.7 Å². The summed E-state index contributed by atoms with van der Waals surface area (Å²) in [5.41, 5.74) is 0. The maximum absolute atomic E-state index is 12.9. The Kier molecular flexibility index (Phi) is 55.8. The zero-order valence-electron chi connectivity index (χ0n) is 51.7. The van der Waals surface area contributed by atoms with Crippen LogP contribution >= 0.6 is 15.6 Å². The van der Waals surface area contributed by atoms with Crippen LogP contribution in [-0.2, 0) is 65.4 Å². The van der Waals surface area contributed by atoms with E-state index in [-0.39, 0.29) is 25.7 Å². The highest BCUT2D eigenvalue weighted by atomic mass is 31.2. The number of aliphatic hydroxyl groups excluding tert-OH is 1. The minimum absolute atomic E-state index is 0.105. The number of carbonyl (C=O) groups is 4. The van der Waals surface area contributed by atoms with Crippen LogP contribution in [0.15, 0.2) is 0 Å². The number of ether oxygens (including phenoxy) is 4. The van der Waals surface area contributed by atoms with Gasteiger partial charge in [0.25, 0.3) is 0 Å². The summed E-state index contributed by atoms with van der Waals surface area (Å²) in [6, 6.07) is 0. The van der Waals surface area contributed by atoms with E-state index >= 15 is 0 Å². The van der Waals surface area contributed by atoms with Gasteiger partial charge in [-0.2, -0.15) is 0 Å². The van der Waals surface area contributed by atoms with E-state index in [4.69, 9.17) is 37.0 Å². The van der Waals surface area contributed by atoms with Gasteiger partial charge in [0.2, 0.25) is 0 Å². The zero-order valence-corrected chi connectivity index (χ0v) is 53.5. The van der Waals surface area contributed by atoms with Crippen molar-refractivity contribution < 1.29 is 80.2 Å². The van der Waals surface area contributed by atoms with Crippen LogP contribution in [0.2, 0.25) is 0 Å². The van der Waals surface area contributed by atoms with Crippen LogP contribution in [-0.4, -0.2) is 96.7 Å². The number of carbonyl (C=O) groups excluding carboxylic acids is 4. The molecule has 0 aromatic carbocycles. The number of hydrogen-bond donors (Lipinski definition) is 3. The van der Waals surface area contributed by atoms with Gasteiger partial charge >= 0.3 is 39.5 Å². The molecule has 0 aromatic heterocycles. The molecule has 0 amide bonds. The average molecular weight is 1200 g/mol. The number of unbranched alkanes of at least 4 members (excludes halogenated alkanes) is 37. The Morgan fingerprint density at radius 3 is 0.728 bits per heavy atom. The Hall–Kier alpha value is -1.94. The topological polar surface area (TPSA) is 237 Å². The Morgan fingerprint density at radius 2 is 0.494 bits per heavy atom. The molecular formula is C62H120O17P2. The zero-order chi connectivity index (χ0) is 59.8. The summed E-state index contributed by atoms with van der Waals surface area (Å²) >= 11 is 0. The first kappa shape index (κ1) is 79.1. The molecule has 0 rings (SSSR count). The quantitative estimate of drug-likeness (QED) is 0.0222. The minimum atomic E-state index is -4.94. The Labute approximate surface area is 492 Å². The van der Waals surface area contributed by atoms with Crippen molar-refractivity contribution in [3.05, 3.63) is 0 Å². The predicted molar refractivity (Wildman–Crippen MR) is 322 cm³/mol. The Morgan fingerprint density at radius 1 is 0.296 bits per heavy atom. The van der Waals surface area contributed by atoms with Gasteiger partial charge in [-0.15, -0.1) is 0 Å². The molecule has 0 radical (unpaired) electrons. The van der Waals surface area contributed by atoms with Crippen LogP contribution in [0.1, 0.15) is 317 Å². The van der Waals surface area contributed by atoms with E-state index < -0.39 is 97.5 Å². The third-order valence-corrected chi connectivity index (χ3v) is 16.3. The second-order valence-electron chi connectivity index (χ2n) is 22.4. The third-order valence-electron chi connectivity index (χ3n) is 14.4. The van der Waals surface area contributed by atoms with Crippen LogP contribution in [0.25, 0.3) is 0 Å². The number of phosphoric ester groups is 2. The van der Waals surface area contributed by atoms with Crippen molar-refractivity contribution in [1.82, 2.24) is 0 Å². The normalized spacial score (nSPS) is 14.2. The molecule has 17 nitrogen and oxygen atoms in total. The number of esters is 4. The lowest BCUT2D eigenvalue weighted by Gasteiger charge is -2.21. The van der Waals surface area contributed by atoms with Crippen molar-refractivity contribution in [3.8, 4) is 0 Å². The molecule has 19 heteroatoms. The fraction of sp³-hybridized carbons (Fsp3) is 0.935. The number of phosphoric acid groups is 2. The van der Waals surface area contributed by atoms with Crippen LogP contribution in [0.4, 0.5) is 0 Å². The van der Waals surface area contributed by atoms with E-state index in [1.807, 2.05) is 0 Å². The summed E-state index contributed by atoms with van der Waals surface area (Å²) in [6.45, 7) is 4.82. The third kappa shape index (κ3) is 56.9. The van der Waals surface area contributed by atoms with Gasteiger partial charge in [0, 0.05) is 25.7 Å². The van der Waals surface area contributed by atoms with Gasteiger partial charge in [-0.1, -0.05) is 265 Å². The van der Waals surface area contributed by atoms with Crippen molar-refractivity contribution in [3.63, 3.8) is 0 Å². The molecule has 0 aliphatic heterocycles. The SMILES string of the molecule is CCCCCCCCCCCCCCCCCC(=O)OC[C@H](COP(=O)(O)OC[C@H](O)COP(=O)(O)OC[C@@H](COC(=O)CCCCCCCCCCCC)OC(=O)CCCCCCCCCC)OC(=O)CCCCCCCCCC. The molecule has 81 heavy (non-hydrogen) atoms. The first-order valence-electron chi connectivity index (χ1n) is 32.8. The lowest BCUT2D eigenvalue weighted by Crippen LogP contribution is -2.30. The van der Waals surface area contributed by atoms with Gasteiger partial charge in [0.05, 0.1) is 26.4 Å². The maximum atomic E-state index is 12.9. The van der Waals surface area contributed by atoms with E-state index in [2.05, 4.69) is 27.7 Å². The summed E-state index contributed by atoms with van der Waals surface area (Å²) in [5, 5.41) is 10.5. The van der Waals surface area contributed by atoms with Crippen LogP contribution < -0.4 is 0 Å².